The van der Waals surface area contributed by atoms with Crippen LogP contribution in [0.15, 0.2) is 73.0 Å². The number of hydrogen-bond acceptors (Lipinski definition) is 3. The van der Waals surface area contributed by atoms with Crippen molar-refractivity contribution in [3.63, 3.8) is 0 Å². The lowest BCUT2D eigenvalue weighted by Gasteiger charge is -2.21. The first kappa shape index (κ1) is 17.6. The minimum absolute atomic E-state index is 0.274. The quantitative estimate of drug-likeness (QED) is 0.542. The predicted octanol–water partition coefficient (Wildman–Crippen LogP) is 5.45. The van der Waals surface area contributed by atoms with Gasteiger partial charge < -0.3 is 9.47 Å². The molecule has 0 radical (unpaired) electrons. The standard InChI is InChI=1S/C21H22O3/c1-5-9-19(24-20(22)21(2,3)4)16-12-14-18(15-13-16)23-17-10-7-6-8-11-17/h6-15,19H,1H2,2-4H3. The number of para-hydroxylation sites is 1. The van der Waals surface area contributed by atoms with Gasteiger partial charge in [0.2, 0.25) is 0 Å². The van der Waals surface area contributed by atoms with Crippen LogP contribution in [0.1, 0.15) is 32.4 Å². The molecular weight excluding hydrogens is 300 g/mol. The van der Waals surface area contributed by atoms with Gasteiger partial charge in [-0.15, -0.1) is 5.73 Å². The summed E-state index contributed by atoms with van der Waals surface area (Å²) in [6.45, 7) is 9.03. The zero-order valence-electron chi connectivity index (χ0n) is 14.3. The highest BCUT2D eigenvalue weighted by atomic mass is 16.5. The Hall–Kier alpha value is -2.77. The molecule has 0 saturated carbocycles. The van der Waals surface area contributed by atoms with Crippen LogP contribution in [-0.2, 0) is 9.53 Å². The van der Waals surface area contributed by atoms with E-state index in [1.807, 2.05) is 75.4 Å². The molecule has 1 atom stereocenters. The minimum Gasteiger partial charge on any atom is -0.457 e. The molecule has 2 aromatic rings. The summed E-state index contributed by atoms with van der Waals surface area (Å²) in [5, 5.41) is 0. The molecule has 0 fully saturated rings. The summed E-state index contributed by atoms with van der Waals surface area (Å²) in [6.07, 6.45) is 1.12. The summed E-state index contributed by atoms with van der Waals surface area (Å²) in [6, 6.07) is 17.0. The third-order valence-electron chi connectivity index (χ3n) is 3.30. The van der Waals surface area contributed by atoms with Crippen LogP contribution in [0, 0.1) is 5.41 Å². The Morgan fingerprint density at radius 3 is 2.17 bits per heavy atom. The third kappa shape index (κ3) is 4.87. The van der Waals surface area contributed by atoms with Crippen molar-refractivity contribution in [1.29, 1.82) is 0 Å². The van der Waals surface area contributed by atoms with Crippen molar-refractivity contribution in [3.8, 4) is 11.5 Å². The molecule has 2 aromatic carbocycles. The topological polar surface area (TPSA) is 35.5 Å². The first-order valence-corrected chi connectivity index (χ1v) is 7.80. The SMILES string of the molecule is C=C=CC(OC(=O)C(C)(C)C)c1ccc(Oc2ccccc2)cc1. The summed E-state index contributed by atoms with van der Waals surface area (Å²) in [4.78, 5) is 12.1. The van der Waals surface area contributed by atoms with E-state index in [-0.39, 0.29) is 5.97 Å². The van der Waals surface area contributed by atoms with Crippen LogP contribution >= 0.6 is 0 Å². The van der Waals surface area contributed by atoms with Crippen LogP contribution in [0.2, 0.25) is 0 Å². The van der Waals surface area contributed by atoms with Crippen molar-refractivity contribution in [1.82, 2.24) is 0 Å². The third-order valence-corrected chi connectivity index (χ3v) is 3.30. The van der Waals surface area contributed by atoms with E-state index >= 15 is 0 Å². The summed E-state index contributed by atoms with van der Waals surface area (Å²) in [5.74, 6) is 1.21. The Bertz CT molecular complexity index is 718. The second-order valence-corrected chi connectivity index (χ2v) is 6.43. The van der Waals surface area contributed by atoms with E-state index in [4.69, 9.17) is 9.47 Å². The first-order valence-electron chi connectivity index (χ1n) is 7.80. The Kier molecular flexibility index (Phi) is 5.62. The second kappa shape index (κ2) is 7.67. The van der Waals surface area contributed by atoms with E-state index in [2.05, 4.69) is 12.3 Å². The van der Waals surface area contributed by atoms with E-state index in [1.165, 1.54) is 0 Å². The molecule has 0 aliphatic heterocycles. The second-order valence-electron chi connectivity index (χ2n) is 6.43. The van der Waals surface area contributed by atoms with Gasteiger partial charge in [0.1, 0.15) is 11.5 Å². The van der Waals surface area contributed by atoms with Gasteiger partial charge in [-0.05, 0) is 50.6 Å². The number of rotatable bonds is 5. The monoisotopic (exact) mass is 322 g/mol. The molecule has 3 heteroatoms. The van der Waals surface area contributed by atoms with Crippen LogP contribution < -0.4 is 4.74 Å². The van der Waals surface area contributed by atoms with Crippen LogP contribution in [0.25, 0.3) is 0 Å². The minimum atomic E-state index is -0.566. The molecule has 24 heavy (non-hydrogen) atoms. The molecule has 0 aliphatic carbocycles. The molecular formula is C21H22O3. The van der Waals surface area contributed by atoms with Crippen LogP contribution in [-0.4, -0.2) is 5.97 Å². The Labute approximate surface area is 143 Å². The normalized spacial score (nSPS) is 12.0. The van der Waals surface area contributed by atoms with Gasteiger partial charge in [-0.3, -0.25) is 4.79 Å². The number of carbonyl (C=O) groups excluding carboxylic acids is 1. The van der Waals surface area contributed by atoms with Gasteiger partial charge in [0.25, 0.3) is 0 Å². The van der Waals surface area contributed by atoms with Crippen molar-refractivity contribution < 1.29 is 14.3 Å². The number of ether oxygens (including phenoxy) is 2. The number of carbonyl (C=O) groups is 1. The zero-order valence-corrected chi connectivity index (χ0v) is 14.3. The molecule has 124 valence electrons. The molecule has 0 spiro atoms. The summed E-state index contributed by atoms with van der Waals surface area (Å²) in [5.41, 5.74) is 2.97. The lowest BCUT2D eigenvalue weighted by atomic mass is 9.97. The van der Waals surface area contributed by atoms with Crippen molar-refractivity contribution in [2.24, 2.45) is 5.41 Å². The zero-order chi connectivity index (χ0) is 17.6. The van der Waals surface area contributed by atoms with Crippen LogP contribution in [0.3, 0.4) is 0 Å². The van der Waals surface area contributed by atoms with Gasteiger partial charge in [-0.1, -0.05) is 36.9 Å². The molecule has 0 amide bonds. The fraction of sp³-hybridized carbons (Fsp3) is 0.238. The highest BCUT2D eigenvalue weighted by molar-refractivity contribution is 5.75. The molecule has 0 bridgehead atoms. The highest BCUT2D eigenvalue weighted by Gasteiger charge is 2.26. The smallest absolute Gasteiger partial charge is 0.312 e. The average molecular weight is 322 g/mol. The van der Waals surface area contributed by atoms with Crippen molar-refractivity contribution >= 4 is 5.97 Å². The number of benzene rings is 2. The van der Waals surface area contributed by atoms with Gasteiger partial charge in [0.15, 0.2) is 6.10 Å². The molecule has 2 rings (SSSR count). The van der Waals surface area contributed by atoms with Gasteiger partial charge in [-0.2, -0.15) is 0 Å². The average Bonchev–Trinajstić information content (AvgIpc) is 2.55. The van der Waals surface area contributed by atoms with E-state index in [0.29, 0.717) is 5.75 Å². The molecule has 0 N–H and O–H groups in total. The largest absolute Gasteiger partial charge is 0.457 e. The highest BCUT2D eigenvalue weighted by Crippen LogP contribution is 2.27. The Morgan fingerprint density at radius 2 is 1.62 bits per heavy atom. The first-order chi connectivity index (χ1) is 11.4. The van der Waals surface area contributed by atoms with Gasteiger partial charge >= 0.3 is 5.97 Å². The molecule has 0 aliphatic rings. The summed E-state index contributed by atoms with van der Waals surface area (Å²) >= 11 is 0. The lowest BCUT2D eigenvalue weighted by molar-refractivity contribution is -0.156. The van der Waals surface area contributed by atoms with E-state index in [0.717, 1.165) is 11.3 Å². The maximum Gasteiger partial charge on any atom is 0.312 e. The lowest BCUT2D eigenvalue weighted by Crippen LogP contribution is -2.24. The summed E-state index contributed by atoms with van der Waals surface area (Å²) < 4.78 is 11.3. The number of esters is 1. The van der Waals surface area contributed by atoms with E-state index in [9.17, 15) is 4.79 Å². The fourth-order valence-corrected chi connectivity index (χ4v) is 1.95. The van der Waals surface area contributed by atoms with Crippen LogP contribution in [0.4, 0.5) is 0 Å². The Morgan fingerprint density at radius 1 is 1.04 bits per heavy atom. The van der Waals surface area contributed by atoms with Crippen LogP contribution in [0.5, 0.6) is 11.5 Å². The molecule has 0 aromatic heterocycles. The van der Waals surface area contributed by atoms with Crippen molar-refractivity contribution in [2.75, 3.05) is 0 Å². The maximum absolute atomic E-state index is 12.1. The molecule has 0 heterocycles. The molecule has 1 unspecified atom stereocenters. The fourth-order valence-electron chi connectivity index (χ4n) is 1.95. The number of hydrogen-bond donors (Lipinski definition) is 0. The van der Waals surface area contributed by atoms with Gasteiger partial charge in [0.05, 0.1) is 5.41 Å². The van der Waals surface area contributed by atoms with Crippen molar-refractivity contribution in [3.05, 3.63) is 78.5 Å². The maximum atomic E-state index is 12.1. The predicted molar refractivity (Wildman–Crippen MR) is 95.0 cm³/mol. The van der Waals surface area contributed by atoms with Crippen molar-refractivity contribution in [2.45, 2.75) is 26.9 Å². The summed E-state index contributed by atoms with van der Waals surface area (Å²) in [7, 11) is 0. The van der Waals surface area contributed by atoms with Gasteiger partial charge in [0, 0.05) is 6.08 Å². The molecule has 0 saturated heterocycles. The molecule has 3 nitrogen and oxygen atoms in total. The van der Waals surface area contributed by atoms with E-state index in [1.54, 1.807) is 6.08 Å². The Balaban J connectivity index is 2.14. The van der Waals surface area contributed by atoms with E-state index < -0.39 is 11.5 Å². The van der Waals surface area contributed by atoms with Gasteiger partial charge in [-0.25, -0.2) is 0 Å².